The molecular formula is C27H16Cl2N2O2. The molecular weight excluding hydrogens is 455 g/mol. The number of aromatic nitrogens is 1. The van der Waals surface area contributed by atoms with Crippen LogP contribution in [-0.4, -0.2) is 4.98 Å². The normalized spacial score (nSPS) is 11.6. The topological polar surface area (TPSA) is 59.0 Å². The number of rotatable bonds is 5. The number of hydrogen-bond donors (Lipinski definition) is 0. The van der Waals surface area contributed by atoms with Gasteiger partial charge in [0.1, 0.15) is 29.5 Å². The van der Waals surface area contributed by atoms with Gasteiger partial charge in [-0.2, -0.15) is 5.26 Å². The van der Waals surface area contributed by atoms with E-state index in [9.17, 15) is 5.26 Å². The molecule has 0 aliphatic heterocycles. The number of benzene rings is 4. The van der Waals surface area contributed by atoms with E-state index in [0.717, 1.165) is 16.3 Å². The van der Waals surface area contributed by atoms with E-state index in [0.29, 0.717) is 39.1 Å². The third-order valence-electron chi connectivity index (χ3n) is 5.23. The van der Waals surface area contributed by atoms with Crippen LogP contribution in [0, 0.1) is 11.3 Å². The summed E-state index contributed by atoms with van der Waals surface area (Å²) in [5, 5.41) is 12.8. The van der Waals surface area contributed by atoms with Crippen molar-refractivity contribution in [3.05, 3.63) is 106 Å². The monoisotopic (exact) mass is 470 g/mol. The number of nitrogens with zero attached hydrogens (tertiary/aromatic N) is 2. The standard InChI is InChI=1S/C27H16Cl2N2O2/c28-21-13-19(12-20(15-30)27-31-24-10-3-4-11-25(24)33-27)26(23(29)14-21)32-16-18-8-5-7-17-6-1-2-9-22(17)18/h1-14H,16H2/b20-12+. The van der Waals surface area contributed by atoms with Crippen LogP contribution in [0.25, 0.3) is 33.5 Å². The van der Waals surface area contributed by atoms with E-state index in [1.54, 1.807) is 24.3 Å². The number of ether oxygens (including phenoxy) is 1. The summed E-state index contributed by atoms with van der Waals surface area (Å²) in [5.74, 6) is 0.646. The first kappa shape index (κ1) is 21.1. The zero-order valence-electron chi connectivity index (χ0n) is 17.3. The van der Waals surface area contributed by atoms with Crippen molar-refractivity contribution >= 4 is 56.7 Å². The van der Waals surface area contributed by atoms with Crippen LogP contribution in [0.15, 0.2) is 83.3 Å². The van der Waals surface area contributed by atoms with Crippen molar-refractivity contribution in [3.63, 3.8) is 0 Å². The number of allylic oxidation sites excluding steroid dienone is 1. The quantitative estimate of drug-likeness (QED) is 0.244. The third-order valence-corrected chi connectivity index (χ3v) is 5.73. The maximum absolute atomic E-state index is 9.80. The number of hydrogen-bond acceptors (Lipinski definition) is 4. The SMILES string of the molecule is N#C/C(=C\c1cc(Cl)cc(Cl)c1OCc1cccc2ccccc12)c1nc2ccccc2o1. The van der Waals surface area contributed by atoms with E-state index in [2.05, 4.69) is 29.3 Å². The molecule has 5 aromatic rings. The second kappa shape index (κ2) is 8.99. The van der Waals surface area contributed by atoms with Gasteiger partial charge in [0.05, 0.1) is 5.02 Å². The largest absolute Gasteiger partial charge is 0.487 e. The molecule has 33 heavy (non-hydrogen) atoms. The van der Waals surface area contributed by atoms with Crippen molar-refractivity contribution in [3.8, 4) is 11.8 Å². The Kier molecular flexibility index (Phi) is 5.75. The molecule has 0 saturated heterocycles. The molecule has 0 atom stereocenters. The summed E-state index contributed by atoms with van der Waals surface area (Å²) < 4.78 is 11.9. The van der Waals surface area contributed by atoms with Gasteiger partial charge in [0, 0.05) is 10.6 Å². The number of halogens is 2. The Hall–Kier alpha value is -3.78. The van der Waals surface area contributed by atoms with Gasteiger partial charge in [0.25, 0.3) is 0 Å². The van der Waals surface area contributed by atoms with Gasteiger partial charge < -0.3 is 9.15 Å². The molecule has 0 spiro atoms. The number of nitriles is 1. The highest BCUT2D eigenvalue weighted by atomic mass is 35.5. The molecule has 0 fully saturated rings. The van der Waals surface area contributed by atoms with Crippen molar-refractivity contribution in [2.75, 3.05) is 0 Å². The highest BCUT2D eigenvalue weighted by Crippen LogP contribution is 2.36. The first-order valence-electron chi connectivity index (χ1n) is 10.2. The Morgan fingerprint density at radius 2 is 1.79 bits per heavy atom. The van der Waals surface area contributed by atoms with Crippen LogP contribution < -0.4 is 4.74 Å². The fourth-order valence-electron chi connectivity index (χ4n) is 3.69. The first-order valence-corrected chi connectivity index (χ1v) is 10.9. The molecule has 1 aromatic heterocycles. The third kappa shape index (κ3) is 4.29. The molecule has 1 heterocycles. The highest BCUT2D eigenvalue weighted by molar-refractivity contribution is 6.36. The van der Waals surface area contributed by atoms with Gasteiger partial charge in [-0.25, -0.2) is 4.98 Å². The summed E-state index contributed by atoms with van der Waals surface area (Å²) in [6.45, 7) is 0.300. The Morgan fingerprint density at radius 3 is 2.64 bits per heavy atom. The molecule has 4 aromatic carbocycles. The van der Waals surface area contributed by atoms with Gasteiger partial charge >= 0.3 is 0 Å². The summed E-state index contributed by atoms with van der Waals surface area (Å²) in [7, 11) is 0. The zero-order valence-corrected chi connectivity index (χ0v) is 18.8. The smallest absolute Gasteiger partial charge is 0.238 e. The van der Waals surface area contributed by atoms with Gasteiger partial charge in [-0.1, -0.05) is 77.8 Å². The summed E-state index contributed by atoms with van der Waals surface area (Å²) in [6.07, 6.45) is 1.63. The van der Waals surface area contributed by atoms with Gasteiger partial charge in [-0.15, -0.1) is 0 Å². The lowest BCUT2D eigenvalue weighted by Crippen LogP contribution is -1.99. The minimum Gasteiger partial charge on any atom is -0.487 e. The van der Waals surface area contributed by atoms with Crippen LogP contribution in [0.3, 0.4) is 0 Å². The van der Waals surface area contributed by atoms with Crippen LogP contribution in [0.1, 0.15) is 17.0 Å². The molecule has 0 unspecified atom stereocenters. The molecule has 5 rings (SSSR count). The van der Waals surface area contributed by atoms with Crippen molar-refractivity contribution in [1.82, 2.24) is 4.98 Å². The fourth-order valence-corrected chi connectivity index (χ4v) is 4.26. The maximum Gasteiger partial charge on any atom is 0.238 e. The second-order valence-corrected chi connectivity index (χ2v) is 8.23. The van der Waals surface area contributed by atoms with Crippen molar-refractivity contribution < 1.29 is 9.15 Å². The van der Waals surface area contributed by atoms with E-state index in [1.165, 1.54) is 0 Å². The maximum atomic E-state index is 9.80. The fraction of sp³-hybridized carbons (Fsp3) is 0.0370. The second-order valence-electron chi connectivity index (χ2n) is 7.39. The van der Waals surface area contributed by atoms with Crippen LogP contribution in [0.5, 0.6) is 5.75 Å². The minimum absolute atomic E-state index is 0.217. The van der Waals surface area contributed by atoms with Gasteiger partial charge in [-0.05, 0) is 46.7 Å². The molecule has 0 aliphatic carbocycles. The van der Waals surface area contributed by atoms with Crippen LogP contribution in [0.2, 0.25) is 10.0 Å². The highest BCUT2D eigenvalue weighted by Gasteiger charge is 2.15. The van der Waals surface area contributed by atoms with Crippen LogP contribution in [-0.2, 0) is 6.61 Å². The lowest BCUT2D eigenvalue weighted by molar-refractivity contribution is 0.307. The van der Waals surface area contributed by atoms with Crippen molar-refractivity contribution in [1.29, 1.82) is 5.26 Å². The summed E-state index contributed by atoms with van der Waals surface area (Å²) in [6, 6.07) is 27.0. The van der Waals surface area contributed by atoms with E-state index in [-0.39, 0.29) is 11.5 Å². The van der Waals surface area contributed by atoms with E-state index < -0.39 is 0 Å². The molecule has 0 N–H and O–H groups in total. The predicted molar refractivity (Wildman–Crippen MR) is 132 cm³/mol. The predicted octanol–water partition coefficient (Wildman–Crippen LogP) is 7.93. The van der Waals surface area contributed by atoms with E-state index in [1.807, 2.05) is 42.5 Å². The molecule has 0 saturated carbocycles. The zero-order chi connectivity index (χ0) is 22.8. The van der Waals surface area contributed by atoms with Gasteiger partial charge in [-0.3, -0.25) is 0 Å². The lowest BCUT2D eigenvalue weighted by atomic mass is 10.1. The van der Waals surface area contributed by atoms with Crippen LogP contribution >= 0.6 is 23.2 Å². The van der Waals surface area contributed by atoms with Gasteiger partial charge in [0.2, 0.25) is 5.89 Å². The number of oxazole rings is 1. The number of para-hydroxylation sites is 2. The Morgan fingerprint density at radius 1 is 1.00 bits per heavy atom. The molecule has 6 heteroatoms. The van der Waals surface area contributed by atoms with Crippen LogP contribution in [0.4, 0.5) is 0 Å². The summed E-state index contributed by atoms with van der Waals surface area (Å²) in [5.41, 5.74) is 3.09. The van der Waals surface area contributed by atoms with E-state index in [4.69, 9.17) is 32.4 Å². The summed E-state index contributed by atoms with van der Waals surface area (Å²) in [4.78, 5) is 4.42. The average Bonchev–Trinajstić information content (AvgIpc) is 3.26. The molecule has 0 amide bonds. The minimum atomic E-state index is 0.217. The molecule has 0 bridgehead atoms. The van der Waals surface area contributed by atoms with Crippen molar-refractivity contribution in [2.45, 2.75) is 6.61 Å². The Balaban J connectivity index is 1.53. The first-order chi connectivity index (χ1) is 16.1. The van der Waals surface area contributed by atoms with Crippen molar-refractivity contribution in [2.24, 2.45) is 0 Å². The molecule has 160 valence electrons. The molecule has 0 aliphatic rings. The Bertz CT molecular complexity index is 1530. The Labute approximate surface area is 200 Å². The average molecular weight is 471 g/mol. The van der Waals surface area contributed by atoms with Gasteiger partial charge in [0.15, 0.2) is 5.58 Å². The summed E-state index contributed by atoms with van der Waals surface area (Å²) >= 11 is 12.8. The lowest BCUT2D eigenvalue weighted by Gasteiger charge is -2.13. The van der Waals surface area contributed by atoms with E-state index >= 15 is 0 Å². The number of fused-ring (bicyclic) bond motifs is 2. The molecule has 4 nitrogen and oxygen atoms in total. The molecule has 0 radical (unpaired) electrons.